The maximum Gasteiger partial charge on any atom is 0.244 e. The number of hydrogen-bond donors (Lipinski definition) is 2. The van der Waals surface area contributed by atoms with Gasteiger partial charge in [0.05, 0.1) is 26.5 Å². The van der Waals surface area contributed by atoms with Crippen LogP contribution in [0.2, 0.25) is 0 Å². The Balaban J connectivity index is 1.77. The van der Waals surface area contributed by atoms with Crippen LogP contribution in [0.5, 0.6) is 11.5 Å². The number of benzene rings is 1. The molecule has 0 atom stereocenters. The minimum Gasteiger partial charge on any atom is -0.497 e. The van der Waals surface area contributed by atoms with Crippen molar-refractivity contribution in [2.75, 3.05) is 14.2 Å². The van der Waals surface area contributed by atoms with Crippen molar-refractivity contribution in [2.24, 2.45) is 0 Å². The molecule has 130 valence electrons. The molecule has 3 rings (SSSR count). The van der Waals surface area contributed by atoms with E-state index in [1.807, 2.05) is 0 Å². The molecule has 0 saturated carbocycles. The number of aryl methyl sites for hydroxylation is 2. The number of aromatic amines is 1. The van der Waals surface area contributed by atoms with E-state index in [0.717, 1.165) is 37.1 Å². The predicted octanol–water partition coefficient (Wildman–Crippen LogP) is 1.78. The van der Waals surface area contributed by atoms with Gasteiger partial charge in [-0.1, -0.05) is 0 Å². The van der Waals surface area contributed by atoms with Crippen LogP contribution in [0.25, 0.3) is 0 Å². The average molecular weight is 351 g/mol. The van der Waals surface area contributed by atoms with Gasteiger partial charge in [0, 0.05) is 11.8 Å². The summed E-state index contributed by atoms with van der Waals surface area (Å²) >= 11 is 0. The minimum atomic E-state index is -3.72. The lowest BCUT2D eigenvalue weighted by molar-refractivity contribution is 0.386. The molecule has 0 radical (unpaired) electrons. The molecule has 8 heteroatoms. The van der Waals surface area contributed by atoms with Crippen LogP contribution in [-0.2, 0) is 29.4 Å². The number of imidazole rings is 1. The summed E-state index contributed by atoms with van der Waals surface area (Å²) in [5.41, 5.74) is 2.18. The summed E-state index contributed by atoms with van der Waals surface area (Å²) < 4.78 is 37.9. The van der Waals surface area contributed by atoms with E-state index in [1.54, 1.807) is 12.1 Å². The van der Waals surface area contributed by atoms with E-state index >= 15 is 0 Å². The van der Waals surface area contributed by atoms with Gasteiger partial charge >= 0.3 is 0 Å². The van der Waals surface area contributed by atoms with Crippen molar-refractivity contribution in [1.82, 2.24) is 14.7 Å². The van der Waals surface area contributed by atoms with Crippen molar-refractivity contribution < 1.29 is 17.9 Å². The molecule has 1 aliphatic rings. The number of H-pyrrole nitrogens is 1. The molecule has 2 N–H and O–H groups in total. The van der Waals surface area contributed by atoms with Gasteiger partial charge < -0.3 is 14.5 Å². The summed E-state index contributed by atoms with van der Waals surface area (Å²) in [6, 6.07) is 4.59. The zero-order valence-electron chi connectivity index (χ0n) is 13.8. The summed E-state index contributed by atoms with van der Waals surface area (Å²) in [5.74, 6) is 1.41. The summed E-state index contributed by atoms with van der Waals surface area (Å²) in [6.07, 6.45) is 4.20. The Morgan fingerprint density at radius 2 is 2.00 bits per heavy atom. The van der Waals surface area contributed by atoms with Crippen LogP contribution < -0.4 is 14.2 Å². The fourth-order valence-corrected chi connectivity index (χ4v) is 3.97. The van der Waals surface area contributed by atoms with Gasteiger partial charge in [-0.05, 0) is 37.8 Å². The number of hydrogen-bond acceptors (Lipinski definition) is 5. The SMILES string of the molecule is COc1ccc(S(=O)(=O)NCc2nc3c([nH]2)CCCC3)c(OC)c1. The Labute approximate surface area is 141 Å². The summed E-state index contributed by atoms with van der Waals surface area (Å²) in [6.45, 7) is 0.116. The minimum absolute atomic E-state index is 0.0714. The highest BCUT2D eigenvalue weighted by molar-refractivity contribution is 7.89. The number of sulfonamides is 1. The first-order chi connectivity index (χ1) is 11.5. The Hall–Kier alpha value is -2.06. The monoisotopic (exact) mass is 351 g/mol. The van der Waals surface area contributed by atoms with Crippen LogP contribution in [0.3, 0.4) is 0 Å². The maximum atomic E-state index is 12.6. The number of ether oxygens (including phenoxy) is 2. The standard InChI is InChI=1S/C16H21N3O4S/c1-22-11-7-8-15(14(9-11)23-2)24(20,21)17-10-16-18-12-5-3-4-6-13(12)19-16/h7-9,17H,3-6,10H2,1-2H3,(H,18,19). The molecule has 0 saturated heterocycles. The van der Waals surface area contributed by atoms with Crippen molar-refractivity contribution in [3.8, 4) is 11.5 Å². The lowest BCUT2D eigenvalue weighted by atomic mass is 10.0. The highest BCUT2D eigenvalue weighted by Crippen LogP contribution is 2.28. The molecule has 1 aliphatic carbocycles. The molecular formula is C16H21N3O4S. The summed E-state index contributed by atoms with van der Waals surface area (Å²) in [5, 5.41) is 0. The van der Waals surface area contributed by atoms with Crippen LogP contribution in [0.15, 0.2) is 23.1 Å². The Morgan fingerprint density at radius 1 is 1.21 bits per heavy atom. The lowest BCUT2D eigenvalue weighted by Crippen LogP contribution is -2.24. The predicted molar refractivity (Wildman–Crippen MR) is 88.8 cm³/mol. The van der Waals surface area contributed by atoms with E-state index in [2.05, 4.69) is 14.7 Å². The zero-order valence-corrected chi connectivity index (χ0v) is 14.6. The van der Waals surface area contributed by atoms with Gasteiger partial charge in [0.1, 0.15) is 22.2 Å². The van der Waals surface area contributed by atoms with Crippen molar-refractivity contribution in [3.63, 3.8) is 0 Å². The molecule has 0 aliphatic heterocycles. The number of nitrogens with one attached hydrogen (secondary N) is 2. The smallest absolute Gasteiger partial charge is 0.244 e. The molecular weight excluding hydrogens is 330 g/mol. The number of nitrogens with zero attached hydrogens (tertiary/aromatic N) is 1. The number of methoxy groups -OCH3 is 2. The van der Waals surface area contributed by atoms with Crippen molar-refractivity contribution >= 4 is 10.0 Å². The van der Waals surface area contributed by atoms with Gasteiger partial charge in [-0.15, -0.1) is 0 Å². The van der Waals surface area contributed by atoms with Crippen LogP contribution in [0.1, 0.15) is 30.1 Å². The average Bonchev–Trinajstić information content (AvgIpc) is 3.02. The highest BCUT2D eigenvalue weighted by Gasteiger charge is 2.21. The van der Waals surface area contributed by atoms with E-state index in [4.69, 9.17) is 9.47 Å². The first kappa shape index (κ1) is 16.8. The normalized spacial score (nSPS) is 14.2. The first-order valence-corrected chi connectivity index (χ1v) is 9.30. The molecule has 1 aromatic heterocycles. The lowest BCUT2D eigenvalue weighted by Gasteiger charge is -2.11. The molecule has 2 aromatic rings. The summed E-state index contributed by atoms with van der Waals surface area (Å²) in [7, 11) is -0.779. The maximum absolute atomic E-state index is 12.6. The quantitative estimate of drug-likeness (QED) is 0.827. The molecule has 0 bridgehead atoms. The molecule has 24 heavy (non-hydrogen) atoms. The fourth-order valence-electron chi connectivity index (χ4n) is 2.83. The molecule has 0 fully saturated rings. The number of rotatable bonds is 6. The second kappa shape index (κ2) is 6.82. The number of aromatic nitrogens is 2. The zero-order chi connectivity index (χ0) is 17.2. The molecule has 0 amide bonds. The van der Waals surface area contributed by atoms with Crippen LogP contribution in [0, 0.1) is 0 Å². The molecule has 7 nitrogen and oxygen atoms in total. The Bertz CT molecular complexity index is 806. The third kappa shape index (κ3) is 3.39. The fraction of sp³-hybridized carbons (Fsp3) is 0.438. The van der Waals surface area contributed by atoms with Crippen molar-refractivity contribution in [1.29, 1.82) is 0 Å². The van der Waals surface area contributed by atoms with E-state index in [-0.39, 0.29) is 17.2 Å². The number of fused-ring (bicyclic) bond motifs is 1. The topological polar surface area (TPSA) is 93.3 Å². The van der Waals surface area contributed by atoms with E-state index in [0.29, 0.717) is 11.6 Å². The van der Waals surface area contributed by atoms with Crippen LogP contribution in [-0.4, -0.2) is 32.6 Å². The van der Waals surface area contributed by atoms with Crippen molar-refractivity contribution in [2.45, 2.75) is 37.1 Å². The van der Waals surface area contributed by atoms with Gasteiger partial charge in [-0.25, -0.2) is 18.1 Å². The Morgan fingerprint density at radius 3 is 2.71 bits per heavy atom. The highest BCUT2D eigenvalue weighted by atomic mass is 32.2. The van der Waals surface area contributed by atoms with Gasteiger partial charge in [0.2, 0.25) is 10.0 Å². The Kier molecular flexibility index (Phi) is 4.77. The van der Waals surface area contributed by atoms with Gasteiger partial charge in [0.15, 0.2) is 0 Å². The third-order valence-electron chi connectivity index (χ3n) is 4.09. The largest absolute Gasteiger partial charge is 0.497 e. The first-order valence-electron chi connectivity index (χ1n) is 7.82. The van der Waals surface area contributed by atoms with E-state index < -0.39 is 10.0 Å². The van der Waals surface area contributed by atoms with Gasteiger partial charge in [-0.3, -0.25) is 0 Å². The third-order valence-corrected chi connectivity index (χ3v) is 5.53. The molecule has 1 heterocycles. The van der Waals surface area contributed by atoms with Crippen LogP contribution in [0.4, 0.5) is 0 Å². The van der Waals surface area contributed by atoms with E-state index in [1.165, 1.54) is 20.3 Å². The van der Waals surface area contributed by atoms with Crippen LogP contribution >= 0.6 is 0 Å². The molecule has 0 unspecified atom stereocenters. The molecule has 0 spiro atoms. The van der Waals surface area contributed by atoms with Crippen molar-refractivity contribution in [3.05, 3.63) is 35.4 Å². The van der Waals surface area contributed by atoms with E-state index in [9.17, 15) is 8.42 Å². The second-order valence-electron chi connectivity index (χ2n) is 5.66. The second-order valence-corrected chi connectivity index (χ2v) is 7.39. The van der Waals surface area contributed by atoms with Gasteiger partial charge in [-0.2, -0.15) is 0 Å². The summed E-state index contributed by atoms with van der Waals surface area (Å²) in [4.78, 5) is 7.77. The van der Waals surface area contributed by atoms with Gasteiger partial charge in [0.25, 0.3) is 0 Å². The molecule has 1 aromatic carbocycles.